The van der Waals surface area contributed by atoms with Crippen molar-refractivity contribution in [1.82, 2.24) is 0 Å². The molecule has 0 bridgehead atoms. The third kappa shape index (κ3) is 5.29. The second kappa shape index (κ2) is 9.57. The number of anilines is 2. The van der Waals surface area contributed by atoms with Crippen LogP contribution in [-0.2, 0) is 0 Å². The van der Waals surface area contributed by atoms with Crippen LogP contribution in [0.2, 0.25) is 0 Å². The topological polar surface area (TPSA) is 108 Å². The molecule has 0 aliphatic rings. The molecule has 0 unspecified atom stereocenters. The largest absolute Gasteiger partial charge is 0.506 e. The van der Waals surface area contributed by atoms with Crippen LogP contribution in [0.1, 0.15) is 20.7 Å². The first-order chi connectivity index (χ1) is 16.0. The minimum atomic E-state index is -0.391. The van der Waals surface area contributed by atoms with Crippen LogP contribution < -0.4 is 15.4 Å². The number of amides is 2. The number of benzene rings is 4. The molecule has 4 aromatic carbocycles. The van der Waals surface area contributed by atoms with Crippen molar-refractivity contribution in [2.45, 2.75) is 0 Å². The number of carbonyl (C=O) groups excluding carboxylic acids is 2. The number of carbonyl (C=O) groups is 2. The maximum atomic E-state index is 12.5. The van der Waals surface area contributed by atoms with E-state index in [1.807, 2.05) is 0 Å². The third-order valence-electron chi connectivity index (χ3n) is 4.75. The Hall–Kier alpha value is -4.78. The first-order valence-corrected chi connectivity index (χ1v) is 10.1. The number of para-hydroxylation sites is 4. The smallest absolute Gasteiger partial charge is 0.255 e. The predicted molar refractivity (Wildman–Crippen MR) is 125 cm³/mol. The minimum absolute atomic E-state index is 0.0165. The summed E-state index contributed by atoms with van der Waals surface area (Å²) in [6.07, 6.45) is 0. The highest BCUT2D eigenvalue weighted by molar-refractivity contribution is 6.05. The number of hydrogen-bond donors (Lipinski definition) is 4. The summed E-state index contributed by atoms with van der Waals surface area (Å²) in [5.41, 5.74) is 1.38. The van der Waals surface area contributed by atoms with E-state index < -0.39 is 5.91 Å². The molecule has 4 rings (SSSR count). The molecule has 7 nitrogen and oxygen atoms in total. The van der Waals surface area contributed by atoms with Crippen molar-refractivity contribution in [2.24, 2.45) is 0 Å². The molecular formula is C26H20N2O5. The summed E-state index contributed by atoms with van der Waals surface area (Å²) in [6, 6.07) is 26.0. The van der Waals surface area contributed by atoms with Gasteiger partial charge in [-0.15, -0.1) is 0 Å². The Morgan fingerprint density at radius 1 is 0.576 bits per heavy atom. The van der Waals surface area contributed by atoms with Gasteiger partial charge in [0.05, 0.1) is 11.4 Å². The van der Waals surface area contributed by atoms with Crippen LogP contribution in [0.3, 0.4) is 0 Å². The molecule has 0 atom stereocenters. The number of ether oxygens (including phenoxy) is 1. The summed E-state index contributed by atoms with van der Waals surface area (Å²) in [5, 5.41) is 24.9. The second-order valence-corrected chi connectivity index (χ2v) is 7.10. The van der Waals surface area contributed by atoms with Crippen molar-refractivity contribution in [1.29, 1.82) is 0 Å². The normalized spacial score (nSPS) is 10.3. The molecule has 0 radical (unpaired) electrons. The van der Waals surface area contributed by atoms with E-state index in [0.717, 1.165) is 0 Å². The van der Waals surface area contributed by atoms with Crippen molar-refractivity contribution in [3.8, 4) is 23.0 Å². The highest BCUT2D eigenvalue weighted by Crippen LogP contribution is 2.26. The lowest BCUT2D eigenvalue weighted by molar-refractivity contribution is 0.101. The van der Waals surface area contributed by atoms with E-state index in [2.05, 4.69) is 10.6 Å². The number of phenolic OH excluding ortho intramolecular Hbond substituents is 2. The Morgan fingerprint density at radius 3 is 1.70 bits per heavy atom. The molecule has 0 aliphatic carbocycles. The first kappa shape index (κ1) is 21.5. The highest BCUT2D eigenvalue weighted by atomic mass is 16.5. The molecule has 0 aliphatic heterocycles. The maximum Gasteiger partial charge on any atom is 0.255 e. The van der Waals surface area contributed by atoms with Gasteiger partial charge in [0, 0.05) is 11.1 Å². The molecular weight excluding hydrogens is 420 g/mol. The SMILES string of the molecule is O=C(Nc1ccccc1O)c1ccc(Oc2cccc(C(=O)Nc3ccccc3O)c2)cc1. The molecule has 0 saturated carbocycles. The summed E-state index contributed by atoms with van der Waals surface area (Å²) in [6.45, 7) is 0. The lowest BCUT2D eigenvalue weighted by atomic mass is 10.2. The van der Waals surface area contributed by atoms with Gasteiger partial charge in [0.2, 0.25) is 0 Å². The van der Waals surface area contributed by atoms with Gasteiger partial charge in [-0.2, -0.15) is 0 Å². The van der Waals surface area contributed by atoms with Gasteiger partial charge in [-0.3, -0.25) is 9.59 Å². The Labute approximate surface area is 189 Å². The van der Waals surface area contributed by atoms with E-state index in [1.54, 1.807) is 84.9 Å². The minimum Gasteiger partial charge on any atom is -0.506 e. The molecule has 0 heterocycles. The number of phenols is 2. The van der Waals surface area contributed by atoms with E-state index in [1.165, 1.54) is 12.1 Å². The van der Waals surface area contributed by atoms with Gasteiger partial charge in [-0.05, 0) is 66.7 Å². The zero-order chi connectivity index (χ0) is 23.2. The van der Waals surface area contributed by atoms with E-state index >= 15 is 0 Å². The van der Waals surface area contributed by atoms with Crippen LogP contribution in [0.25, 0.3) is 0 Å². The lowest BCUT2D eigenvalue weighted by Gasteiger charge is -2.10. The quantitative estimate of drug-likeness (QED) is 0.301. The van der Waals surface area contributed by atoms with E-state index in [-0.39, 0.29) is 17.4 Å². The Bertz CT molecular complexity index is 1300. The van der Waals surface area contributed by atoms with Gasteiger partial charge in [-0.25, -0.2) is 0 Å². The predicted octanol–water partition coefficient (Wildman–Crippen LogP) is 5.39. The second-order valence-electron chi connectivity index (χ2n) is 7.10. The molecule has 0 aromatic heterocycles. The van der Waals surface area contributed by atoms with E-state index in [0.29, 0.717) is 34.0 Å². The maximum absolute atomic E-state index is 12.5. The molecule has 2 amide bonds. The molecule has 4 aromatic rings. The van der Waals surface area contributed by atoms with Crippen LogP contribution in [0, 0.1) is 0 Å². The Kier molecular flexibility index (Phi) is 6.22. The number of rotatable bonds is 6. The van der Waals surface area contributed by atoms with Gasteiger partial charge in [-0.1, -0.05) is 30.3 Å². The van der Waals surface area contributed by atoms with Crippen molar-refractivity contribution in [3.05, 3.63) is 108 Å². The van der Waals surface area contributed by atoms with Crippen LogP contribution in [0.15, 0.2) is 97.1 Å². The molecule has 0 saturated heterocycles. The molecule has 0 spiro atoms. The number of aromatic hydroxyl groups is 2. The average Bonchev–Trinajstić information content (AvgIpc) is 2.82. The zero-order valence-electron chi connectivity index (χ0n) is 17.4. The van der Waals surface area contributed by atoms with Crippen molar-refractivity contribution in [3.63, 3.8) is 0 Å². The van der Waals surface area contributed by atoms with Gasteiger partial charge < -0.3 is 25.6 Å². The number of nitrogens with one attached hydrogen (secondary N) is 2. The summed E-state index contributed by atoms with van der Waals surface area (Å²) in [7, 11) is 0. The summed E-state index contributed by atoms with van der Waals surface area (Å²) in [5.74, 6) is 0.116. The molecule has 0 fully saturated rings. The summed E-state index contributed by atoms with van der Waals surface area (Å²) < 4.78 is 5.81. The van der Waals surface area contributed by atoms with E-state index in [4.69, 9.17) is 4.74 Å². The Balaban J connectivity index is 1.42. The van der Waals surface area contributed by atoms with Gasteiger partial charge in [0.25, 0.3) is 11.8 Å². The Morgan fingerprint density at radius 2 is 1.12 bits per heavy atom. The molecule has 7 heteroatoms. The standard InChI is InChI=1S/C26H20N2O5/c29-23-10-3-1-8-21(23)27-25(31)17-12-14-19(15-13-17)33-20-7-5-6-18(16-20)26(32)28-22-9-2-4-11-24(22)30/h1-16,29-30H,(H,27,31)(H,28,32). The van der Waals surface area contributed by atoms with Crippen LogP contribution in [-0.4, -0.2) is 22.0 Å². The molecule has 164 valence electrons. The summed E-state index contributed by atoms with van der Waals surface area (Å²) in [4.78, 5) is 24.9. The van der Waals surface area contributed by atoms with Crippen LogP contribution in [0.5, 0.6) is 23.0 Å². The monoisotopic (exact) mass is 440 g/mol. The third-order valence-corrected chi connectivity index (χ3v) is 4.75. The fourth-order valence-corrected chi connectivity index (χ4v) is 3.06. The van der Waals surface area contributed by atoms with E-state index in [9.17, 15) is 19.8 Å². The fourth-order valence-electron chi connectivity index (χ4n) is 3.06. The highest BCUT2D eigenvalue weighted by Gasteiger charge is 2.11. The summed E-state index contributed by atoms with van der Waals surface area (Å²) >= 11 is 0. The molecule has 33 heavy (non-hydrogen) atoms. The van der Waals surface area contributed by atoms with Crippen LogP contribution in [0.4, 0.5) is 11.4 Å². The lowest BCUT2D eigenvalue weighted by Crippen LogP contribution is -2.12. The average molecular weight is 440 g/mol. The zero-order valence-corrected chi connectivity index (χ0v) is 17.4. The van der Waals surface area contributed by atoms with Crippen molar-refractivity contribution < 1.29 is 24.5 Å². The van der Waals surface area contributed by atoms with Crippen molar-refractivity contribution >= 4 is 23.2 Å². The fraction of sp³-hybridized carbons (Fsp3) is 0. The molecule has 4 N–H and O–H groups in total. The van der Waals surface area contributed by atoms with Gasteiger partial charge in [0.15, 0.2) is 0 Å². The number of hydrogen-bond acceptors (Lipinski definition) is 5. The van der Waals surface area contributed by atoms with Crippen molar-refractivity contribution in [2.75, 3.05) is 10.6 Å². The van der Waals surface area contributed by atoms with Crippen LogP contribution >= 0.6 is 0 Å². The van der Waals surface area contributed by atoms with Gasteiger partial charge in [0.1, 0.15) is 23.0 Å². The first-order valence-electron chi connectivity index (χ1n) is 10.1. The van der Waals surface area contributed by atoms with Gasteiger partial charge >= 0.3 is 0 Å².